The van der Waals surface area contributed by atoms with E-state index in [0.717, 1.165) is 5.56 Å². The minimum Gasteiger partial charge on any atom is -0.482 e. The molecule has 4 aromatic rings. The number of esters is 1. The van der Waals surface area contributed by atoms with E-state index in [9.17, 15) is 20.0 Å². The number of hydrogen-bond donors (Lipinski definition) is 1. The third-order valence-corrected chi connectivity index (χ3v) is 11.0. The molecular weight excluding hydrogens is 648 g/mol. The van der Waals surface area contributed by atoms with Crippen LogP contribution in [-0.4, -0.2) is 40.5 Å². The van der Waals surface area contributed by atoms with E-state index in [0.29, 0.717) is 37.9 Å². The van der Waals surface area contributed by atoms with Gasteiger partial charge >= 0.3 is 11.6 Å². The molecule has 3 aliphatic rings. The van der Waals surface area contributed by atoms with Crippen LogP contribution in [0.15, 0.2) is 107 Å². The first-order chi connectivity index (χ1) is 24.7. The lowest BCUT2D eigenvalue weighted by atomic mass is 9.57. The molecule has 4 heterocycles. The van der Waals surface area contributed by atoms with Gasteiger partial charge in [-0.05, 0) is 62.8 Å². The Morgan fingerprint density at radius 1 is 1.12 bits per heavy atom. The minimum absolute atomic E-state index is 0.0133. The number of rotatable bonds is 8. The Balaban J connectivity index is 1.28. The predicted molar refractivity (Wildman–Crippen MR) is 186 cm³/mol. The van der Waals surface area contributed by atoms with Gasteiger partial charge in [-0.1, -0.05) is 55.5 Å². The van der Waals surface area contributed by atoms with Gasteiger partial charge in [-0.25, -0.2) is 9.59 Å². The van der Waals surface area contributed by atoms with Gasteiger partial charge in [-0.3, -0.25) is 4.98 Å². The van der Waals surface area contributed by atoms with Crippen molar-refractivity contribution >= 4 is 5.97 Å². The number of carbonyl (C=O) groups excluding carboxylic acids is 1. The van der Waals surface area contributed by atoms with Crippen molar-refractivity contribution in [3.63, 3.8) is 0 Å². The number of aliphatic hydroxyl groups excluding tert-OH is 1. The maximum atomic E-state index is 13.9. The Bertz CT molecular complexity index is 2010. The van der Waals surface area contributed by atoms with Crippen LogP contribution in [0.1, 0.15) is 79.0 Å². The van der Waals surface area contributed by atoms with Gasteiger partial charge < -0.3 is 28.5 Å². The number of fused-ring (bicyclic) bond motifs is 2. The van der Waals surface area contributed by atoms with E-state index in [2.05, 4.69) is 24.6 Å². The molecule has 262 valence electrons. The van der Waals surface area contributed by atoms with Gasteiger partial charge in [-0.15, -0.1) is 6.58 Å². The average Bonchev–Trinajstić information content (AvgIpc) is 3.15. The first-order valence-corrected chi connectivity index (χ1v) is 17.2. The summed E-state index contributed by atoms with van der Waals surface area (Å²) in [7, 11) is 0. The van der Waals surface area contributed by atoms with Crippen molar-refractivity contribution in [2.45, 2.75) is 69.7 Å². The third kappa shape index (κ3) is 6.27. The monoisotopic (exact) mass is 688 g/mol. The number of aliphatic hydroxyl groups is 1. The second kappa shape index (κ2) is 13.9. The number of allylic oxidation sites excluding steroid dienone is 1. The summed E-state index contributed by atoms with van der Waals surface area (Å²) < 4.78 is 31.9. The topological polar surface area (TPSA) is 141 Å². The van der Waals surface area contributed by atoms with E-state index in [1.807, 2.05) is 43.3 Å². The summed E-state index contributed by atoms with van der Waals surface area (Å²) in [5, 5.41) is 21.9. The first-order valence-electron chi connectivity index (χ1n) is 17.2. The van der Waals surface area contributed by atoms with Gasteiger partial charge in [0, 0.05) is 40.9 Å². The molecule has 2 aliphatic heterocycles. The lowest BCUT2D eigenvalue weighted by Crippen LogP contribution is -2.63. The second-order valence-corrected chi connectivity index (χ2v) is 14.0. The van der Waals surface area contributed by atoms with E-state index in [1.165, 1.54) is 0 Å². The minimum atomic E-state index is -1.30. The zero-order valence-electron chi connectivity index (χ0n) is 28.6. The lowest BCUT2D eigenvalue weighted by Gasteiger charge is -2.57. The number of benzene rings is 2. The largest absolute Gasteiger partial charge is 0.482 e. The fourth-order valence-corrected chi connectivity index (χ4v) is 8.05. The van der Waals surface area contributed by atoms with E-state index in [4.69, 9.17) is 23.4 Å². The molecule has 10 nitrogen and oxygen atoms in total. The van der Waals surface area contributed by atoms with E-state index in [-0.39, 0.29) is 40.2 Å². The van der Waals surface area contributed by atoms with Crippen molar-refractivity contribution < 1.29 is 33.3 Å². The standard InChI is InChI=1S/C41H40N2O8/c1-4-5-17-33-40(2,24-47-39(50-33)25-12-7-6-8-13-25)28-19-30-36(44)35-32(21-31(48-38(35)46)27-15-11-18-43-23-27)51-41(30,3)34(20-28)49-37(45)29-16-10-9-14-26(29)22-42/h4,6-16,18,21,23,28,30,33-34,36,39,44H,1,5,17,19-20,24H2,2-3H3/t28?,30?,33-,34?,36?,39?,40-,41-/m0/s1. The Kier molecular flexibility index (Phi) is 9.38. The molecule has 0 amide bonds. The number of pyridine rings is 1. The molecule has 1 aliphatic carbocycles. The zero-order chi connectivity index (χ0) is 35.8. The summed E-state index contributed by atoms with van der Waals surface area (Å²) in [6.45, 7) is 8.20. The smallest absolute Gasteiger partial charge is 0.345 e. The summed E-state index contributed by atoms with van der Waals surface area (Å²) in [4.78, 5) is 31.6. The highest BCUT2D eigenvalue weighted by atomic mass is 16.7. The van der Waals surface area contributed by atoms with Crippen molar-refractivity contribution in [1.82, 2.24) is 4.98 Å². The average molecular weight is 689 g/mol. The highest BCUT2D eigenvalue weighted by Gasteiger charge is 2.61. The number of ether oxygens (including phenoxy) is 4. The third-order valence-electron chi connectivity index (χ3n) is 11.0. The molecule has 8 atom stereocenters. The maximum absolute atomic E-state index is 13.9. The molecule has 1 N–H and O–H groups in total. The lowest BCUT2D eigenvalue weighted by molar-refractivity contribution is -0.291. The van der Waals surface area contributed by atoms with Crippen LogP contribution in [0.2, 0.25) is 0 Å². The van der Waals surface area contributed by atoms with Crippen LogP contribution >= 0.6 is 0 Å². The SMILES string of the molecule is C=CCC[C@@H]1OC(c2ccccc2)OC[C@@]1(C)C1CC(OC(=O)c2ccccc2C#N)[C@@]2(C)Oc3cc(-c4cccnc4)oc(=O)c3C(O)C2C1. The van der Waals surface area contributed by atoms with Crippen LogP contribution in [0.25, 0.3) is 11.3 Å². The molecule has 2 aromatic carbocycles. The molecule has 2 aromatic heterocycles. The Labute approximate surface area is 296 Å². The summed E-state index contributed by atoms with van der Waals surface area (Å²) in [5.74, 6) is -1.21. The predicted octanol–water partition coefficient (Wildman–Crippen LogP) is 7.10. The van der Waals surface area contributed by atoms with Crippen molar-refractivity contribution in [3.8, 4) is 23.1 Å². The van der Waals surface area contributed by atoms with Crippen LogP contribution in [0.4, 0.5) is 0 Å². The first kappa shape index (κ1) is 34.4. The zero-order valence-corrected chi connectivity index (χ0v) is 28.6. The van der Waals surface area contributed by atoms with Crippen LogP contribution in [-0.2, 0) is 14.2 Å². The summed E-state index contributed by atoms with van der Waals surface area (Å²) in [6, 6.07) is 23.4. The Morgan fingerprint density at radius 2 is 1.90 bits per heavy atom. The van der Waals surface area contributed by atoms with Crippen molar-refractivity contribution in [3.05, 3.63) is 131 Å². The van der Waals surface area contributed by atoms with Crippen LogP contribution in [0.3, 0.4) is 0 Å². The van der Waals surface area contributed by atoms with Gasteiger partial charge in [0.2, 0.25) is 0 Å². The van der Waals surface area contributed by atoms with Gasteiger partial charge in [0.15, 0.2) is 6.29 Å². The molecule has 0 bridgehead atoms. The summed E-state index contributed by atoms with van der Waals surface area (Å²) in [6.07, 6.45) is 4.13. The van der Waals surface area contributed by atoms with Gasteiger partial charge in [0.1, 0.15) is 34.8 Å². The summed E-state index contributed by atoms with van der Waals surface area (Å²) >= 11 is 0. The number of nitriles is 1. The quantitative estimate of drug-likeness (QED) is 0.151. The normalized spacial score (nSPS) is 29.8. The number of hydrogen-bond acceptors (Lipinski definition) is 10. The van der Waals surface area contributed by atoms with Crippen LogP contribution < -0.4 is 10.4 Å². The van der Waals surface area contributed by atoms with Crippen LogP contribution in [0, 0.1) is 28.6 Å². The highest BCUT2D eigenvalue weighted by Crippen LogP contribution is 2.57. The molecular formula is C41H40N2O8. The van der Waals surface area contributed by atoms with Crippen molar-refractivity contribution in [2.24, 2.45) is 17.3 Å². The van der Waals surface area contributed by atoms with E-state index < -0.39 is 47.0 Å². The fourth-order valence-electron chi connectivity index (χ4n) is 8.05. The Morgan fingerprint density at radius 3 is 2.65 bits per heavy atom. The molecule has 0 spiro atoms. The fraction of sp³-hybridized carbons (Fsp3) is 0.366. The van der Waals surface area contributed by atoms with Crippen LogP contribution in [0.5, 0.6) is 5.75 Å². The second-order valence-electron chi connectivity index (χ2n) is 14.0. The molecule has 51 heavy (non-hydrogen) atoms. The molecule has 5 unspecified atom stereocenters. The maximum Gasteiger partial charge on any atom is 0.345 e. The van der Waals surface area contributed by atoms with Gasteiger partial charge in [0.05, 0.1) is 29.9 Å². The number of nitrogens with zero attached hydrogens (tertiary/aromatic N) is 2. The summed E-state index contributed by atoms with van der Waals surface area (Å²) in [5.41, 5.74) is -0.787. The number of carbonyl (C=O) groups is 1. The molecule has 10 heteroatoms. The molecule has 1 saturated carbocycles. The van der Waals surface area contributed by atoms with Crippen molar-refractivity contribution in [2.75, 3.05) is 6.61 Å². The van der Waals surface area contributed by atoms with E-state index >= 15 is 0 Å². The van der Waals surface area contributed by atoms with E-state index in [1.54, 1.807) is 54.9 Å². The number of aromatic nitrogens is 1. The van der Waals surface area contributed by atoms with Gasteiger partial charge in [-0.2, -0.15) is 5.26 Å². The molecule has 7 rings (SSSR count). The Hall–Kier alpha value is -5.08. The van der Waals surface area contributed by atoms with Gasteiger partial charge in [0.25, 0.3) is 0 Å². The molecule has 1 saturated heterocycles. The molecule has 0 radical (unpaired) electrons. The molecule has 2 fully saturated rings. The highest BCUT2D eigenvalue weighted by molar-refractivity contribution is 5.92. The van der Waals surface area contributed by atoms with Crippen molar-refractivity contribution in [1.29, 1.82) is 5.26 Å².